The van der Waals surface area contributed by atoms with E-state index in [1.165, 1.54) is 11.3 Å². The van der Waals surface area contributed by atoms with Crippen molar-refractivity contribution in [2.45, 2.75) is 6.54 Å². The van der Waals surface area contributed by atoms with Crippen LogP contribution in [0.3, 0.4) is 0 Å². The molecule has 2 aromatic rings. The number of thiophene rings is 1. The van der Waals surface area contributed by atoms with E-state index in [0.29, 0.717) is 12.4 Å². The van der Waals surface area contributed by atoms with Gasteiger partial charge in [-0.2, -0.15) is 0 Å². The van der Waals surface area contributed by atoms with Gasteiger partial charge in [-0.05, 0) is 17.0 Å². The summed E-state index contributed by atoms with van der Waals surface area (Å²) in [5, 5.41) is 9.98. The summed E-state index contributed by atoms with van der Waals surface area (Å²) in [4.78, 5) is 14.6. The Labute approximate surface area is 126 Å². The van der Waals surface area contributed by atoms with Crippen molar-refractivity contribution in [1.29, 1.82) is 5.41 Å². The fourth-order valence-electron chi connectivity index (χ4n) is 2.17. The summed E-state index contributed by atoms with van der Waals surface area (Å²) in [5.41, 5.74) is 2.07. The molecule has 0 spiro atoms. The summed E-state index contributed by atoms with van der Waals surface area (Å²) in [6, 6.07) is 11.6. The molecule has 1 aromatic heterocycles. The van der Waals surface area contributed by atoms with Crippen LogP contribution in [-0.2, 0) is 6.54 Å². The van der Waals surface area contributed by atoms with Crippen LogP contribution in [-0.4, -0.2) is 23.1 Å². The molecule has 3 rings (SSSR count). The van der Waals surface area contributed by atoms with Gasteiger partial charge in [-0.15, -0.1) is 11.3 Å². The van der Waals surface area contributed by atoms with Gasteiger partial charge < -0.3 is 21.9 Å². The third-order valence-corrected chi connectivity index (χ3v) is 3.99. The molecule has 5 heteroatoms. The van der Waals surface area contributed by atoms with E-state index in [9.17, 15) is 4.79 Å². The first-order valence-corrected chi connectivity index (χ1v) is 6.62. The third-order valence-electron chi connectivity index (χ3n) is 3.08. The molecule has 1 aliphatic rings. The van der Waals surface area contributed by atoms with Crippen LogP contribution in [0.2, 0.25) is 0 Å². The van der Waals surface area contributed by atoms with Crippen molar-refractivity contribution in [2.24, 2.45) is 0 Å². The fourth-order valence-corrected chi connectivity index (χ4v) is 2.82. The molecule has 1 aromatic carbocycles. The van der Waals surface area contributed by atoms with Crippen LogP contribution in [0.25, 0.3) is 0 Å². The first kappa shape index (κ1) is 14.0. The Morgan fingerprint density at radius 1 is 1.26 bits per heavy atom. The lowest BCUT2D eigenvalue weighted by Crippen LogP contribution is -3.00. The maximum absolute atomic E-state index is 12.0. The molecule has 0 bridgehead atoms. The minimum Gasteiger partial charge on any atom is -1.00 e. The summed E-state index contributed by atoms with van der Waals surface area (Å²) in [6.07, 6.45) is 0. The van der Waals surface area contributed by atoms with Gasteiger partial charge in [0.15, 0.2) is 5.78 Å². The maximum Gasteiger partial charge on any atom is 0.192 e. The summed E-state index contributed by atoms with van der Waals surface area (Å²) >= 11 is 1.45. The van der Waals surface area contributed by atoms with E-state index in [1.54, 1.807) is 0 Å². The van der Waals surface area contributed by atoms with Gasteiger partial charge in [-0.3, -0.25) is 10.2 Å². The van der Waals surface area contributed by atoms with E-state index in [4.69, 9.17) is 5.41 Å². The SMILES string of the molecule is N=C1c2ccccc2CN1CC(=O)c1cccs1.[Br-]. The minimum atomic E-state index is 0. The molecule has 3 nitrogen and oxygen atoms in total. The summed E-state index contributed by atoms with van der Waals surface area (Å²) < 4.78 is 0. The van der Waals surface area contributed by atoms with Crippen molar-refractivity contribution in [3.8, 4) is 0 Å². The van der Waals surface area contributed by atoms with Crippen LogP contribution in [0, 0.1) is 5.41 Å². The monoisotopic (exact) mass is 335 g/mol. The van der Waals surface area contributed by atoms with Crippen LogP contribution in [0.1, 0.15) is 20.8 Å². The van der Waals surface area contributed by atoms with E-state index in [1.807, 2.05) is 46.7 Å². The van der Waals surface area contributed by atoms with Crippen LogP contribution in [0.5, 0.6) is 0 Å². The number of hydrogen-bond donors (Lipinski definition) is 1. The minimum absolute atomic E-state index is 0. The lowest BCUT2D eigenvalue weighted by Gasteiger charge is -2.16. The van der Waals surface area contributed by atoms with Gasteiger partial charge in [-0.1, -0.05) is 30.3 Å². The summed E-state index contributed by atoms with van der Waals surface area (Å²) in [5.74, 6) is 0.540. The second kappa shape index (κ2) is 5.67. The quantitative estimate of drug-likeness (QED) is 0.788. The lowest BCUT2D eigenvalue weighted by atomic mass is 10.1. The van der Waals surface area contributed by atoms with E-state index < -0.39 is 0 Å². The Bertz CT molecular complexity index is 610. The number of hydrogen-bond acceptors (Lipinski definition) is 3. The standard InChI is InChI=1S/C14H12N2OS.BrH/c15-14-11-5-2-1-4-10(11)8-16(14)9-12(17)13-6-3-7-18-13;/h1-7,15H,8-9H2;1H/p-1. The number of benzene rings is 1. The van der Waals surface area contributed by atoms with Gasteiger partial charge in [0.05, 0.1) is 11.4 Å². The highest BCUT2D eigenvalue weighted by molar-refractivity contribution is 7.12. The molecule has 0 radical (unpaired) electrons. The molecule has 0 fully saturated rings. The molecular weight excluding hydrogens is 324 g/mol. The second-order valence-electron chi connectivity index (χ2n) is 4.26. The zero-order chi connectivity index (χ0) is 12.5. The zero-order valence-electron chi connectivity index (χ0n) is 10.1. The Morgan fingerprint density at radius 2 is 2.05 bits per heavy atom. The van der Waals surface area contributed by atoms with Crippen molar-refractivity contribution in [3.63, 3.8) is 0 Å². The molecule has 1 N–H and O–H groups in total. The molecule has 1 aliphatic heterocycles. The van der Waals surface area contributed by atoms with E-state index in [2.05, 4.69) is 0 Å². The van der Waals surface area contributed by atoms with E-state index >= 15 is 0 Å². The van der Waals surface area contributed by atoms with Gasteiger partial charge in [0.1, 0.15) is 5.84 Å². The van der Waals surface area contributed by atoms with E-state index in [0.717, 1.165) is 16.0 Å². The van der Waals surface area contributed by atoms with Crippen LogP contribution >= 0.6 is 11.3 Å². The topological polar surface area (TPSA) is 44.2 Å². The van der Waals surface area contributed by atoms with Crippen molar-refractivity contribution in [3.05, 3.63) is 57.8 Å². The molecule has 2 heterocycles. The Hall–Kier alpha value is -1.46. The van der Waals surface area contributed by atoms with Gasteiger partial charge in [0.25, 0.3) is 0 Å². The fraction of sp³-hybridized carbons (Fsp3) is 0.143. The van der Waals surface area contributed by atoms with Crippen molar-refractivity contribution in [1.82, 2.24) is 4.90 Å². The predicted molar refractivity (Wildman–Crippen MR) is 72.3 cm³/mol. The maximum atomic E-state index is 12.0. The van der Waals surface area contributed by atoms with Crippen LogP contribution in [0.4, 0.5) is 0 Å². The van der Waals surface area contributed by atoms with Crippen molar-refractivity contribution in [2.75, 3.05) is 6.54 Å². The average Bonchev–Trinajstić information content (AvgIpc) is 3.00. The third kappa shape index (κ3) is 2.62. The summed E-state index contributed by atoms with van der Waals surface area (Å²) in [7, 11) is 0. The van der Waals surface area contributed by atoms with Gasteiger partial charge >= 0.3 is 0 Å². The molecule has 0 saturated carbocycles. The Kier molecular flexibility index (Phi) is 4.17. The highest BCUT2D eigenvalue weighted by Crippen LogP contribution is 2.22. The molecule has 0 saturated heterocycles. The second-order valence-corrected chi connectivity index (χ2v) is 5.21. The van der Waals surface area contributed by atoms with Crippen LogP contribution < -0.4 is 17.0 Å². The number of carbonyl (C=O) groups excluding carboxylic acids is 1. The number of carbonyl (C=O) groups is 1. The van der Waals surface area contributed by atoms with Crippen molar-refractivity contribution >= 4 is 23.0 Å². The number of ketones is 1. The molecule has 0 amide bonds. The smallest absolute Gasteiger partial charge is 0.192 e. The number of halogens is 1. The van der Waals surface area contributed by atoms with Crippen LogP contribution in [0.15, 0.2) is 41.8 Å². The molecular formula is C14H12BrN2OS-. The van der Waals surface area contributed by atoms with E-state index in [-0.39, 0.29) is 29.3 Å². The normalized spacial score (nSPS) is 13.1. The Balaban J connectivity index is 0.00000133. The highest BCUT2D eigenvalue weighted by Gasteiger charge is 2.25. The average molecular weight is 336 g/mol. The highest BCUT2D eigenvalue weighted by atomic mass is 79.9. The van der Waals surface area contributed by atoms with Gasteiger partial charge in [0.2, 0.25) is 0 Å². The zero-order valence-corrected chi connectivity index (χ0v) is 12.5. The molecule has 0 aliphatic carbocycles. The first-order valence-electron chi connectivity index (χ1n) is 5.74. The molecule has 19 heavy (non-hydrogen) atoms. The largest absolute Gasteiger partial charge is 1.00 e. The lowest BCUT2D eigenvalue weighted by molar-refractivity contribution is -0.0000117. The molecule has 0 unspecified atom stereocenters. The van der Waals surface area contributed by atoms with Gasteiger partial charge in [-0.25, -0.2) is 0 Å². The van der Waals surface area contributed by atoms with Crippen molar-refractivity contribution < 1.29 is 21.8 Å². The summed E-state index contributed by atoms with van der Waals surface area (Å²) in [6.45, 7) is 0.945. The number of nitrogens with zero attached hydrogens (tertiary/aromatic N) is 1. The predicted octanol–water partition coefficient (Wildman–Crippen LogP) is -0.224. The number of nitrogens with one attached hydrogen (secondary N) is 1. The first-order chi connectivity index (χ1) is 8.75. The number of Topliss-reactive ketones (excluding diaryl/α,β-unsaturated/α-hetero) is 1. The number of amidine groups is 1. The number of rotatable bonds is 3. The molecule has 98 valence electrons. The van der Waals surface area contributed by atoms with Gasteiger partial charge in [0, 0.05) is 12.1 Å². The number of fused-ring (bicyclic) bond motifs is 1. The Morgan fingerprint density at radius 3 is 2.74 bits per heavy atom. The molecule has 0 atom stereocenters.